The number of hydrogen-bond acceptors (Lipinski definition) is 20. The van der Waals surface area contributed by atoms with Gasteiger partial charge in [0.05, 0.1) is 60.7 Å². The fourth-order valence-electron chi connectivity index (χ4n) is 9.18. The van der Waals surface area contributed by atoms with Crippen LogP contribution < -0.4 is 37.4 Å². The average Bonchev–Trinajstić information content (AvgIpc) is 2.75. The number of hydrogen-bond donors (Lipinski definition) is 6. The zero-order valence-electron chi connectivity index (χ0n) is 46.5. The predicted octanol–water partition coefficient (Wildman–Crippen LogP) is 3.03. The number of aromatic nitrogens is 5. The van der Waals surface area contributed by atoms with Gasteiger partial charge in [-0.25, -0.2) is 32.6 Å². The maximum atomic E-state index is 14.1. The second kappa shape index (κ2) is 26.8. The molecule has 26 nitrogen and oxygen atoms in total. The van der Waals surface area contributed by atoms with Crippen molar-refractivity contribution >= 4 is 56.5 Å². The molecular weight excluding hydrogens is 1070 g/mol. The van der Waals surface area contributed by atoms with Crippen LogP contribution in [-0.2, 0) is 91.3 Å². The minimum atomic E-state index is -3.55. The SMILES string of the molecule is CC[C@@]1(OC(=O)OCc2ccc(NC(=O)[C@H](CCCCN)NC(=O)COCC(=O)NCCOCCn3cc(CNC(C)(C)C)nn3)cc2)C(=O)OOc2c1cc1n(c2=O)Cc2cc3c(CCN(C(C)C)S(C)(=O)=O)c(O)ccc3nc2-1. The number of unbranched alkanes of at least 4 members (excludes halogenated alkanes) is 1. The number of anilines is 1. The van der Waals surface area contributed by atoms with E-state index in [2.05, 4.69) is 52.4 Å². The molecule has 27 heteroatoms. The molecule has 2 aromatic carbocycles. The fraction of sp³-hybridized carbons (Fsp3) is 0.500. The van der Waals surface area contributed by atoms with Crippen molar-refractivity contribution in [2.24, 2.45) is 5.73 Å². The smallest absolute Gasteiger partial charge is 0.508 e. The van der Waals surface area contributed by atoms with E-state index < -0.39 is 70.3 Å². The quantitative estimate of drug-likeness (QED) is 0.0234. The van der Waals surface area contributed by atoms with Crippen molar-refractivity contribution in [2.75, 3.05) is 57.6 Å². The first-order valence-corrected chi connectivity index (χ1v) is 28.4. The van der Waals surface area contributed by atoms with E-state index in [1.165, 1.54) is 21.0 Å². The second-order valence-corrected chi connectivity index (χ2v) is 22.8. The monoisotopic (exact) mass is 1150 g/mol. The molecule has 0 fully saturated rings. The summed E-state index contributed by atoms with van der Waals surface area (Å²) in [4.78, 5) is 94.8. The Morgan fingerprint density at radius 2 is 1.74 bits per heavy atom. The number of amides is 3. The third-order valence-corrected chi connectivity index (χ3v) is 14.8. The van der Waals surface area contributed by atoms with Crippen LogP contribution in [0.15, 0.2) is 59.5 Å². The number of benzene rings is 2. The predicted molar refractivity (Wildman–Crippen MR) is 294 cm³/mol. The van der Waals surface area contributed by atoms with Gasteiger partial charge in [-0.2, -0.15) is 4.31 Å². The van der Waals surface area contributed by atoms with Gasteiger partial charge in [0.25, 0.3) is 11.3 Å². The van der Waals surface area contributed by atoms with Gasteiger partial charge < -0.3 is 51.1 Å². The summed E-state index contributed by atoms with van der Waals surface area (Å²) < 4.78 is 51.5. The lowest BCUT2D eigenvalue weighted by molar-refractivity contribution is -0.247. The van der Waals surface area contributed by atoms with Crippen LogP contribution in [0.1, 0.15) is 95.2 Å². The third kappa shape index (κ3) is 15.7. The van der Waals surface area contributed by atoms with E-state index in [-0.39, 0.29) is 86.4 Å². The Kier molecular flexibility index (Phi) is 20.2. The van der Waals surface area contributed by atoms with Gasteiger partial charge in [-0.15, -0.1) is 5.10 Å². The van der Waals surface area contributed by atoms with Crippen molar-refractivity contribution in [2.45, 2.75) is 123 Å². The number of ether oxygens (including phenoxy) is 4. The highest BCUT2D eigenvalue weighted by Crippen LogP contribution is 2.44. The Bertz CT molecular complexity index is 3270. The van der Waals surface area contributed by atoms with Crippen LogP contribution in [0.4, 0.5) is 10.5 Å². The molecule has 0 saturated heterocycles. The standard InChI is InChI=1S/C54H71N11O15S/c1-8-54(40-26-43-47-35(28-64(43)50(70)48(40)79-80-51(54)71)25-39-38(44(66)17-16-41(39)60-47)18-21-65(33(2)3)81(7,73)74)78-52(72)77-30-34-12-14-36(15-13-34)58-49(69)42(11-9-10-19-55)59-46(68)32-76-31-45(67)56-20-23-75-24-22-63-29-37(61-62-63)27-57-53(4,5)6/h12-17,25-26,29,33,42,57,66H,8-11,18-24,27-28,30-32,55H2,1-7H3,(H,56,67)(H,58,69)(H,59,68)/t42-,54-/m0/s1. The third-order valence-electron chi connectivity index (χ3n) is 13.4. The zero-order valence-corrected chi connectivity index (χ0v) is 47.3. The van der Waals surface area contributed by atoms with Crippen LogP contribution in [0.25, 0.3) is 22.3 Å². The van der Waals surface area contributed by atoms with E-state index in [1.807, 2.05) is 6.20 Å². The molecule has 0 saturated carbocycles. The Morgan fingerprint density at radius 1 is 0.988 bits per heavy atom. The van der Waals surface area contributed by atoms with Crippen molar-refractivity contribution in [3.8, 4) is 22.9 Å². The molecule has 2 aliphatic heterocycles. The van der Waals surface area contributed by atoms with Gasteiger partial charge in [-0.05, 0) is 109 Å². The number of carbonyl (C=O) groups is 5. The van der Waals surface area contributed by atoms with Gasteiger partial charge >= 0.3 is 12.1 Å². The number of rotatable bonds is 28. The summed E-state index contributed by atoms with van der Waals surface area (Å²) in [7, 11) is -3.55. The Balaban J connectivity index is 0.901. The lowest BCUT2D eigenvalue weighted by Gasteiger charge is -2.33. The number of phenols is 1. The number of nitrogens with two attached hydrogens (primary N) is 1. The highest BCUT2D eigenvalue weighted by molar-refractivity contribution is 7.88. The maximum Gasteiger partial charge on any atom is 0.510 e. The van der Waals surface area contributed by atoms with Gasteiger partial charge in [0.2, 0.25) is 33.3 Å². The molecule has 5 aromatic rings. The lowest BCUT2D eigenvalue weighted by atomic mass is 9.89. The first kappa shape index (κ1) is 61.1. The van der Waals surface area contributed by atoms with E-state index in [0.29, 0.717) is 78.1 Å². The number of nitrogens with one attached hydrogen (secondary N) is 4. The Labute approximate surface area is 468 Å². The molecular formula is C54H71N11O15S. The van der Waals surface area contributed by atoms with Crippen molar-refractivity contribution in [1.82, 2.24) is 44.8 Å². The molecule has 0 spiro atoms. The maximum absolute atomic E-state index is 14.1. The fourth-order valence-corrected chi connectivity index (χ4v) is 10.4. The molecule has 7 N–H and O–H groups in total. The topological polar surface area (TPSA) is 338 Å². The number of phenolic OH excluding ortho intramolecular Hbond substituents is 1. The molecule has 0 bridgehead atoms. The summed E-state index contributed by atoms with van der Waals surface area (Å²) in [6, 6.07) is 11.3. The van der Waals surface area contributed by atoms with E-state index in [9.17, 15) is 42.3 Å². The highest BCUT2D eigenvalue weighted by Gasteiger charge is 2.53. The Hall–Kier alpha value is -7.56. The van der Waals surface area contributed by atoms with Crippen LogP contribution in [0.3, 0.4) is 0 Å². The first-order valence-electron chi connectivity index (χ1n) is 26.6. The number of pyridine rings is 2. The number of carbonyl (C=O) groups excluding carboxylic acids is 5. The largest absolute Gasteiger partial charge is 0.510 e. The summed E-state index contributed by atoms with van der Waals surface area (Å²) in [5.41, 5.74) is 6.48. The summed E-state index contributed by atoms with van der Waals surface area (Å²) in [6.07, 6.45) is 3.07. The van der Waals surface area contributed by atoms with E-state index in [4.69, 9.17) is 39.4 Å². The van der Waals surface area contributed by atoms with Crippen molar-refractivity contribution in [1.29, 1.82) is 0 Å². The number of sulfonamides is 1. The molecule has 7 rings (SSSR count). The summed E-state index contributed by atoms with van der Waals surface area (Å²) in [5, 5.41) is 31.2. The number of nitrogens with zero attached hydrogens (tertiary/aromatic N) is 6. The van der Waals surface area contributed by atoms with Gasteiger partial charge in [-0.3, -0.25) is 28.6 Å². The van der Waals surface area contributed by atoms with Crippen molar-refractivity contribution < 1.29 is 66.2 Å². The van der Waals surface area contributed by atoms with Gasteiger partial charge in [0.15, 0.2) is 0 Å². The first-order chi connectivity index (χ1) is 38.5. The van der Waals surface area contributed by atoms with Crippen LogP contribution >= 0.6 is 0 Å². The molecule has 0 radical (unpaired) electrons. The summed E-state index contributed by atoms with van der Waals surface area (Å²) in [5.74, 6) is -3.14. The molecule has 0 aliphatic carbocycles. The van der Waals surface area contributed by atoms with Crippen LogP contribution in [0.2, 0.25) is 0 Å². The molecule has 5 heterocycles. The molecule has 3 aromatic heterocycles. The molecule has 438 valence electrons. The molecule has 3 amide bonds. The minimum Gasteiger partial charge on any atom is -0.508 e. The summed E-state index contributed by atoms with van der Waals surface area (Å²) in [6.45, 7) is 12.5. The molecule has 81 heavy (non-hydrogen) atoms. The Morgan fingerprint density at radius 3 is 2.44 bits per heavy atom. The average molecular weight is 1150 g/mol. The minimum absolute atomic E-state index is 0.0207. The van der Waals surface area contributed by atoms with Gasteiger partial charge in [-0.1, -0.05) is 24.3 Å². The van der Waals surface area contributed by atoms with Crippen molar-refractivity contribution in [3.05, 3.63) is 93.0 Å². The highest BCUT2D eigenvalue weighted by atomic mass is 32.2. The summed E-state index contributed by atoms with van der Waals surface area (Å²) >= 11 is 0. The molecule has 0 unspecified atom stereocenters. The van der Waals surface area contributed by atoms with Crippen LogP contribution in [0.5, 0.6) is 11.5 Å². The lowest BCUT2D eigenvalue weighted by Crippen LogP contribution is -2.47. The number of aromatic hydroxyl groups is 1. The zero-order chi connectivity index (χ0) is 58.6. The van der Waals surface area contributed by atoms with E-state index in [0.717, 1.165) is 11.9 Å². The van der Waals surface area contributed by atoms with Crippen LogP contribution in [0, 0.1) is 0 Å². The normalized spacial score (nSPS) is 15.1. The van der Waals surface area contributed by atoms with Crippen molar-refractivity contribution in [3.63, 3.8) is 0 Å². The van der Waals surface area contributed by atoms with E-state index >= 15 is 0 Å². The molecule has 2 atom stereocenters. The number of fused-ring (bicyclic) bond motifs is 5. The second-order valence-electron chi connectivity index (χ2n) is 20.9. The van der Waals surface area contributed by atoms with E-state index in [1.54, 1.807) is 61.9 Å². The van der Waals surface area contributed by atoms with Gasteiger partial charge in [0.1, 0.15) is 31.6 Å². The van der Waals surface area contributed by atoms with Crippen LogP contribution in [-0.4, -0.2) is 142 Å². The molecule has 2 aliphatic rings. The van der Waals surface area contributed by atoms with Gasteiger partial charge in [0, 0.05) is 66.0 Å².